The Labute approximate surface area is 218 Å². The van der Waals surface area contributed by atoms with Gasteiger partial charge in [0.05, 0.1) is 34.6 Å². The van der Waals surface area contributed by atoms with Crippen LogP contribution in [0.3, 0.4) is 0 Å². The van der Waals surface area contributed by atoms with Gasteiger partial charge in [-0.2, -0.15) is 4.31 Å². The van der Waals surface area contributed by atoms with Crippen LogP contribution in [0.5, 0.6) is 5.75 Å². The minimum absolute atomic E-state index is 0.0863. The quantitative estimate of drug-likeness (QED) is 0.268. The molecule has 0 amide bonds. The Hall–Kier alpha value is -3.50. The number of hydrogen-bond acceptors (Lipinski definition) is 7. The van der Waals surface area contributed by atoms with Crippen LogP contribution in [-0.4, -0.2) is 45.0 Å². The fraction of sp³-hybridized carbons (Fsp3) is 0.185. The van der Waals surface area contributed by atoms with Gasteiger partial charge in [0.2, 0.25) is 15.5 Å². The van der Waals surface area contributed by atoms with Gasteiger partial charge in [-0.05, 0) is 49.4 Å². The second-order valence-electron chi connectivity index (χ2n) is 8.43. The second-order valence-corrected chi connectivity index (χ2v) is 10.8. The summed E-state index contributed by atoms with van der Waals surface area (Å²) in [6, 6.07) is 17.1. The van der Waals surface area contributed by atoms with Crippen LogP contribution in [0.1, 0.15) is 16.1 Å². The van der Waals surface area contributed by atoms with E-state index in [1.807, 2.05) is 0 Å². The molecule has 5 rings (SSSR count). The number of morpholine rings is 1. The highest BCUT2D eigenvalue weighted by atomic mass is 35.5. The van der Waals surface area contributed by atoms with E-state index < -0.39 is 16.0 Å². The van der Waals surface area contributed by atoms with Gasteiger partial charge in [0.15, 0.2) is 0 Å². The van der Waals surface area contributed by atoms with E-state index in [0.717, 1.165) is 0 Å². The minimum Gasteiger partial charge on any atom is -0.460 e. The van der Waals surface area contributed by atoms with E-state index in [1.54, 1.807) is 31.2 Å². The van der Waals surface area contributed by atoms with Crippen molar-refractivity contribution in [3.8, 4) is 16.9 Å². The Morgan fingerprint density at radius 2 is 1.70 bits per heavy atom. The van der Waals surface area contributed by atoms with Crippen molar-refractivity contribution < 1.29 is 27.1 Å². The molecule has 3 aromatic carbocycles. The first kappa shape index (κ1) is 25.2. The zero-order chi connectivity index (χ0) is 26.2. The van der Waals surface area contributed by atoms with Crippen LogP contribution in [0.2, 0.25) is 5.02 Å². The third-order valence-electron chi connectivity index (χ3n) is 6.09. The number of carbonyl (C=O) groups excluding carboxylic acids is 1. The van der Waals surface area contributed by atoms with Crippen LogP contribution in [0, 0.1) is 6.92 Å². The van der Waals surface area contributed by atoms with Crippen LogP contribution in [-0.2, 0) is 14.8 Å². The summed E-state index contributed by atoms with van der Waals surface area (Å²) in [6.07, 6.45) is 0. The predicted octanol–water partition coefficient (Wildman–Crippen LogP) is 4.66. The lowest BCUT2D eigenvalue weighted by atomic mass is 10.0. The van der Waals surface area contributed by atoms with Gasteiger partial charge in [-0.25, -0.2) is 13.2 Å². The number of nitrogens with zero attached hydrogens (tertiary/aromatic N) is 1. The molecule has 1 fully saturated rings. The first-order valence-corrected chi connectivity index (χ1v) is 13.3. The molecule has 0 saturated carbocycles. The first-order valence-electron chi connectivity index (χ1n) is 11.5. The van der Waals surface area contributed by atoms with Gasteiger partial charge in [0.1, 0.15) is 17.1 Å². The molecule has 4 aromatic rings. The zero-order valence-corrected chi connectivity index (χ0v) is 21.3. The SMILES string of the molecule is Cc1oc2cc(OC(=O)c3ccc(S(=O)(=O)N4CCOCC4)cc3)ccc2c(=O)c1-c1ccccc1Cl. The Morgan fingerprint density at radius 3 is 2.41 bits per heavy atom. The molecule has 1 aliphatic rings. The van der Waals surface area contributed by atoms with E-state index in [9.17, 15) is 18.0 Å². The van der Waals surface area contributed by atoms with E-state index in [4.69, 9.17) is 25.5 Å². The highest BCUT2D eigenvalue weighted by molar-refractivity contribution is 7.89. The summed E-state index contributed by atoms with van der Waals surface area (Å²) in [6.45, 7) is 2.92. The molecule has 0 radical (unpaired) electrons. The number of halogens is 1. The highest BCUT2D eigenvalue weighted by Crippen LogP contribution is 2.31. The number of esters is 1. The Morgan fingerprint density at radius 1 is 1.00 bits per heavy atom. The zero-order valence-electron chi connectivity index (χ0n) is 19.8. The topological polar surface area (TPSA) is 103 Å². The number of ether oxygens (including phenoxy) is 2. The molecule has 8 nitrogen and oxygen atoms in total. The summed E-state index contributed by atoms with van der Waals surface area (Å²) >= 11 is 6.29. The summed E-state index contributed by atoms with van der Waals surface area (Å²) < 4.78 is 43.5. The van der Waals surface area contributed by atoms with Crippen molar-refractivity contribution in [1.82, 2.24) is 4.31 Å². The molecule has 0 N–H and O–H groups in total. The van der Waals surface area contributed by atoms with Crippen molar-refractivity contribution in [3.63, 3.8) is 0 Å². The summed E-state index contributed by atoms with van der Waals surface area (Å²) in [5.74, 6) is -0.122. The van der Waals surface area contributed by atoms with Crippen LogP contribution in [0.25, 0.3) is 22.1 Å². The lowest BCUT2D eigenvalue weighted by molar-refractivity contribution is 0.0730. The van der Waals surface area contributed by atoms with Crippen molar-refractivity contribution in [2.75, 3.05) is 26.3 Å². The molecular formula is C27H22ClNO7S. The van der Waals surface area contributed by atoms with Gasteiger partial charge in [0, 0.05) is 29.7 Å². The fourth-order valence-electron chi connectivity index (χ4n) is 4.19. The van der Waals surface area contributed by atoms with Crippen molar-refractivity contribution >= 4 is 38.6 Å². The molecule has 190 valence electrons. The monoisotopic (exact) mass is 539 g/mol. The summed E-state index contributed by atoms with van der Waals surface area (Å²) in [7, 11) is -3.67. The molecular weight excluding hydrogens is 518 g/mol. The average Bonchev–Trinajstić information content (AvgIpc) is 2.90. The third kappa shape index (κ3) is 4.91. The van der Waals surface area contributed by atoms with Crippen molar-refractivity contribution in [2.45, 2.75) is 11.8 Å². The number of aryl methyl sites for hydroxylation is 1. The Balaban J connectivity index is 1.38. The number of fused-ring (bicyclic) bond motifs is 1. The normalized spacial score (nSPS) is 14.5. The lowest BCUT2D eigenvalue weighted by Crippen LogP contribution is -2.40. The Kier molecular flexibility index (Phi) is 6.87. The van der Waals surface area contributed by atoms with Crippen molar-refractivity contribution in [2.24, 2.45) is 0 Å². The van der Waals surface area contributed by atoms with Crippen LogP contribution in [0.4, 0.5) is 0 Å². The number of benzene rings is 3. The maximum Gasteiger partial charge on any atom is 0.343 e. The van der Waals surface area contributed by atoms with Crippen molar-refractivity contribution in [3.05, 3.63) is 93.3 Å². The standard InChI is InChI=1S/C27H22ClNO7S/c1-17-25(21-4-2-3-5-23(21)28)26(30)22-11-8-19(16-24(22)35-17)36-27(31)18-6-9-20(10-7-18)37(32,33)29-12-14-34-15-13-29/h2-11,16H,12-15H2,1H3. The number of carbonyl (C=O) groups is 1. The number of hydrogen-bond donors (Lipinski definition) is 0. The average molecular weight is 540 g/mol. The first-order chi connectivity index (χ1) is 17.8. The van der Waals surface area contributed by atoms with Gasteiger partial charge in [-0.15, -0.1) is 0 Å². The van der Waals surface area contributed by atoms with Gasteiger partial charge < -0.3 is 13.9 Å². The van der Waals surface area contributed by atoms with E-state index in [1.165, 1.54) is 46.8 Å². The summed E-state index contributed by atoms with van der Waals surface area (Å²) in [5.41, 5.74) is 1.13. The number of sulfonamides is 1. The molecule has 0 bridgehead atoms. The summed E-state index contributed by atoms with van der Waals surface area (Å²) in [5, 5.41) is 0.754. The number of rotatable bonds is 5. The van der Waals surface area contributed by atoms with E-state index in [-0.39, 0.29) is 40.3 Å². The molecule has 0 atom stereocenters. The molecule has 1 aliphatic heterocycles. The molecule has 2 heterocycles. The molecule has 0 unspecified atom stereocenters. The van der Waals surface area contributed by atoms with Gasteiger partial charge in [0.25, 0.3) is 0 Å². The lowest BCUT2D eigenvalue weighted by Gasteiger charge is -2.26. The molecule has 0 aliphatic carbocycles. The molecule has 10 heteroatoms. The molecule has 0 spiro atoms. The van der Waals surface area contributed by atoms with E-state index in [2.05, 4.69) is 0 Å². The second kappa shape index (κ2) is 10.1. The van der Waals surface area contributed by atoms with Crippen molar-refractivity contribution in [1.29, 1.82) is 0 Å². The Bertz CT molecular complexity index is 1660. The smallest absolute Gasteiger partial charge is 0.343 e. The van der Waals surface area contributed by atoms with Gasteiger partial charge in [-0.3, -0.25) is 4.79 Å². The highest BCUT2D eigenvalue weighted by Gasteiger charge is 2.26. The maximum absolute atomic E-state index is 13.2. The van der Waals surface area contributed by atoms with Crippen LogP contribution >= 0.6 is 11.6 Å². The largest absolute Gasteiger partial charge is 0.460 e. The van der Waals surface area contributed by atoms with E-state index >= 15 is 0 Å². The molecule has 1 aromatic heterocycles. The predicted molar refractivity (Wildman–Crippen MR) is 139 cm³/mol. The minimum atomic E-state index is -3.67. The van der Waals surface area contributed by atoms with Gasteiger partial charge >= 0.3 is 5.97 Å². The van der Waals surface area contributed by atoms with Crippen LogP contribution in [0.15, 0.2) is 80.8 Å². The fourth-order valence-corrected chi connectivity index (χ4v) is 5.83. The summed E-state index contributed by atoms with van der Waals surface area (Å²) in [4.78, 5) is 26.0. The molecule has 1 saturated heterocycles. The van der Waals surface area contributed by atoms with Gasteiger partial charge in [-0.1, -0.05) is 29.8 Å². The van der Waals surface area contributed by atoms with Crippen LogP contribution < -0.4 is 10.2 Å². The molecule has 37 heavy (non-hydrogen) atoms. The van der Waals surface area contributed by atoms with E-state index in [0.29, 0.717) is 40.5 Å². The third-order valence-corrected chi connectivity index (χ3v) is 8.33. The maximum atomic E-state index is 13.2.